The van der Waals surface area contributed by atoms with Gasteiger partial charge in [0.25, 0.3) is 5.91 Å². The molecule has 0 radical (unpaired) electrons. The molecule has 12 heteroatoms. The minimum atomic E-state index is -4.52. The van der Waals surface area contributed by atoms with Crippen LogP contribution in [-0.2, 0) is 6.18 Å². The number of aryl methyl sites for hydroxylation is 1. The number of rotatable bonds is 4. The summed E-state index contributed by atoms with van der Waals surface area (Å²) >= 11 is 0. The maximum absolute atomic E-state index is 13.2. The molecule has 31 heavy (non-hydrogen) atoms. The second kappa shape index (κ2) is 8.28. The molecule has 0 N–H and O–H groups in total. The molecule has 0 saturated carbocycles. The molecule has 0 spiro atoms. The van der Waals surface area contributed by atoms with Crippen LogP contribution < -0.4 is 4.74 Å². The lowest BCUT2D eigenvalue weighted by molar-refractivity contribution is -0.138. The maximum Gasteiger partial charge on any atom is 0.419 e. The first-order valence-electron chi connectivity index (χ1n) is 9.50. The number of aromatic nitrogens is 6. The Hall–Kier alpha value is -3.57. The van der Waals surface area contributed by atoms with Crippen molar-refractivity contribution in [1.82, 2.24) is 34.8 Å². The number of ether oxygens (including phenoxy) is 1. The molecule has 3 aromatic rings. The fourth-order valence-electron chi connectivity index (χ4n) is 3.27. The number of piperidine rings is 1. The summed E-state index contributed by atoms with van der Waals surface area (Å²) in [5.41, 5.74) is 0.205. The van der Waals surface area contributed by atoms with E-state index in [2.05, 4.69) is 25.1 Å². The molecule has 1 saturated heterocycles. The van der Waals surface area contributed by atoms with Crippen molar-refractivity contribution < 1.29 is 22.7 Å². The average molecular weight is 433 g/mol. The van der Waals surface area contributed by atoms with Crippen LogP contribution in [0.25, 0.3) is 5.82 Å². The van der Waals surface area contributed by atoms with Crippen LogP contribution in [0.4, 0.5) is 13.2 Å². The summed E-state index contributed by atoms with van der Waals surface area (Å²) in [4.78, 5) is 27.7. The van der Waals surface area contributed by atoms with Gasteiger partial charge in [-0.1, -0.05) is 0 Å². The van der Waals surface area contributed by atoms with Crippen LogP contribution in [0.1, 0.15) is 34.3 Å². The Morgan fingerprint density at radius 1 is 1.13 bits per heavy atom. The number of carbonyl (C=O) groups is 1. The second-order valence-corrected chi connectivity index (χ2v) is 7.09. The van der Waals surface area contributed by atoms with Crippen molar-refractivity contribution in [2.45, 2.75) is 32.0 Å². The Bertz CT molecular complexity index is 1060. The van der Waals surface area contributed by atoms with Gasteiger partial charge in [0.05, 0.1) is 30.1 Å². The third kappa shape index (κ3) is 4.62. The molecule has 0 aromatic carbocycles. The maximum atomic E-state index is 13.2. The van der Waals surface area contributed by atoms with Gasteiger partial charge in [0, 0.05) is 25.1 Å². The van der Waals surface area contributed by atoms with E-state index in [-0.39, 0.29) is 18.5 Å². The Morgan fingerprint density at radius 2 is 1.84 bits per heavy atom. The van der Waals surface area contributed by atoms with E-state index in [9.17, 15) is 18.0 Å². The molecular formula is C19H18F3N7O2. The standard InChI is InChI=1S/C19H18F3N7O2/c1-12-7-15(16(23-8-12)29-26-4-5-27-29)17(30)28-6-2-3-14(11-28)31-18-24-9-13(10-25-18)19(20,21)22/h4-5,7-10,14H,2-3,6,11H2,1H3. The van der Waals surface area contributed by atoms with Crippen LogP contribution in [0.15, 0.2) is 37.1 Å². The number of alkyl halides is 3. The summed E-state index contributed by atoms with van der Waals surface area (Å²) in [6.45, 7) is 2.57. The lowest BCUT2D eigenvalue weighted by Gasteiger charge is -2.32. The highest BCUT2D eigenvalue weighted by molar-refractivity contribution is 5.97. The lowest BCUT2D eigenvalue weighted by Crippen LogP contribution is -2.45. The molecule has 1 aliphatic rings. The zero-order valence-electron chi connectivity index (χ0n) is 16.5. The fraction of sp³-hybridized carbons (Fsp3) is 0.368. The molecule has 1 amide bonds. The van der Waals surface area contributed by atoms with Gasteiger partial charge >= 0.3 is 12.2 Å². The van der Waals surface area contributed by atoms with Crippen molar-refractivity contribution in [3.63, 3.8) is 0 Å². The van der Waals surface area contributed by atoms with Crippen LogP contribution in [0.3, 0.4) is 0 Å². The zero-order valence-corrected chi connectivity index (χ0v) is 16.5. The van der Waals surface area contributed by atoms with Gasteiger partial charge in [-0.3, -0.25) is 4.79 Å². The summed E-state index contributed by atoms with van der Waals surface area (Å²) in [5, 5.41) is 8.10. The lowest BCUT2D eigenvalue weighted by atomic mass is 10.1. The van der Waals surface area contributed by atoms with Crippen LogP contribution >= 0.6 is 0 Å². The molecule has 4 rings (SSSR count). The largest absolute Gasteiger partial charge is 0.458 e. The van der Waals surface area contributed by atoms with E-state index >= 15 is 0 Å². The summed E-state index contributed by atoms with van der Waals surface area (Å²) < 4.78 is 43.6. The van der Waals surface area contributed by atoms with Crippen molar-refractivity contribution >= 4 is 5.91 Å². The monoisotopic (exact) mass is 433 g/mol. The van der Waals surface area contributed by atoms with Crippen molar-refractivity contribution in [1.29, 1.82) is 0 Å². The third-order valence-electron chi connectivity index (χ3n) is 4.73. The van der Waals surface area contributed by atoms with Crippen LogP contribution in [0.5, 0.6) is 6.01 Å². The Kier molecular flexibility index (Phi) is 5.53. The highest BCUT2D eigenvalue weighted by Gasteiger charge is 2.32. The van der Waals surface area contributed by atoms with E-state index in [1.807, 2.05) is 6.92 Å². The van der Waals surface area contributed by atoms with Crippen molar-refractivity contribution in [2.75, 3.05) is 13.1 Å². The SMILES string of the molecule is Cc1cnc(-n2nccn2)c(C(=O)N2CCCC(Oc3ncc(C(F)(F)F)cn3)C2)c1. The minimum absolute atomic E-state index is 0.161. The Labute approximate surface area is 174 Å². The summed E-state index contributed by atoms with van der Waals surface area (Å²) in [5.74, 6) is 0.0554. The van der Waals surface area contributed by atoms with E-state index in [0.717, 1.165) is 5.56 Å². The first-order chi connectivity index (χ1) is 14.8. The molecule has 4 heterocycles. The molecule has 0 aliphatic carbocycles. The smallest absolute Gasteiger partial charge is 0.419 e. The first kappa shape index (κ1) is 20.7. The summed E-state index contributed by atoms with van der Waals surface area (Å²) in [7, 11) is 0. The highest BCUT2D eigenvalue weighted by atomic mass is 19.4. The van der Waals surface area contributed by atoms with Gasteiger partial charge in [0.15, 0.2) is 5.82 Å². The van der Waals surface area contributed by atoms with Crippen molar-refractivity contribution in [2.24, 2.45) is 0 Å². The molecule has 0 bridgehead atoms. The molecular weight excluding hydrogens is 415 g/mol. The molecule has 1 unspecified atom stereocenters. The first-order valence-corrected chi connectivity index (χ1v) is 9.50. The third-order valence-corrected chi connectivity index (χ3v) is 4.73. The van der Waals surface area contributed by atoms with Gasteiger partial charge in [0.2, 0.25) is 0 Å². The van der Waals surface area contributed by atoms with Crippen molar-refractivity contribution in [3.05, 3.63) is 53.7 Å². The number of likely N-dealkylation sites (tertiary alicyclic amines) is 1. The average Bonchev–Trinajstić information content (AvgIpc) is 3.28. The molecule has 9 nitrogen and oxygen atoms in total. The molecule has 1 atom stereocenters. The molecule has 1 fully saturated rings. The number of pyridine rings is 1. The van der Waals surface area contributed by atoms with Gasteiger partial charge in [0.1, 0.15) is 6.10 Å². The fourth-order valence-corrected chi connectivity index (χ4v) is 3.27. The number of amides is 1. The van der Waals surface area contributed by atoms with Crippen LogP contribution in [-0.4, -0.2) is 59.9 Å². The summed E-state index contributed by atoms with van der Waals surface area (Å²) in [6, 6.07) is 1.56. The van der Waals surface area contributed by atoms with Gasteiger partial charge in [-0.2, -0.15) is 23.4 Å². The van der Waals surface area contributed by atoms with Gasteiger partial charge in [-0.15, -0.1) is 4.80 Å². The van der Waals surface area contributed by atoms with E-state index < -0.39 is 17.8 Å². The number of hydrogen-bond donors (Lipinski definition) is 0. The number of carbonyl (C=O) groups excluding carboxylic acids is 1. The van der Waals surface area contributed by atoms with Gasteiger partial charge in [-0.25, -0.2) is 15.0 Å². The van der Waals surface area contributed by atoms with E-state index in [1.165, 1.54) is 17.2 Å². The number of halogens is 3. The van der Waals surface area contributed by atoms with Crippen LogP contribution in [0, 0.1) is 6.92 Å². The van der Waals surface area contributed by atoms with Gasteiger partial charge < -0.3 is 9.64 Å². The van der Waals surface area contributed by atoms with Gasteiger partial charge in [-0.05, 0) is 31.4 Å². The number of hydrogen-bond acceptors (Lipinski definition) is 7. The minimum Gasteiger partial charge on any atom is -0.458 e. The predicted molar refractivity (Wildman–Crippen MR) is 100 cm³/mol. The molecule has 162 valence electrons. The molecule has 1 aliphatic heterocycles. The highest BCUT2D eigenvalue weighted by Crippen LogP contribution is 2.28. The van der Waals surface area contributed by atoms with Crippen molar-refractivity contribution in [3.8, 4) is 11.8 Å². The Balaban J connectivity index is 1.49. The van der Waals surface area contributed by atoms with E-state index in [1.54, 1.807) is 17.2 Å². The van der Waals surface area contributed by atoms with Crippen LogP contribution in [0.2, 0.25) is 0 Å². The van der Waals surface area contributed by atoms with E-state index in [4.69, 9.17) is 4.74 Å². The zero-order chi connectivity index (χ0) is 22.0. The normalized spacial score (nSPS) is 16.9. The predicted octanol–water partition coefficient (Wildman–Crippen LogP) is 2.46. The van der Waals surface area contributed by atoms with E-state index in [0.29, 0.717) is 43.2 Å². The quantitative estimate of drug-likeness (QED) is 0.623. The topological polar surface area (TPSA) is 98.9 Å². The number of nitrogens with zero attached hydrogens (tertiary/aromatic N) is 7. The Morgan fingerprint density at radius 3 is 2.52 bits per heavy atom. The second-order valence-electron chi connectivity index (χ2n) is 7.09. The molecule has 3 aromatic heterocycles. The summed E-state index contributed by atoms with van der Waals surface area (Å²) in [6.07, 6.45) is 2.27.